The second-order valence-electron chi connectivity index (χ2n) is 3.82. The van der Waals surface area contributed by atoms with E-state index in [0.29, 0.717) is 5.82 Å². The number of nitrogen functional groups attached to an aromatic ring is 1. The van der Waals surface area contributed by atoms with Gasteiger partial charge in [-0.3, -0.25) is 0 Å². The summed E-state index contributed by atoms with van der Waals surface area (Å²) in [7, 11) is 1.50. The quantitative estimate of drug-likeness (QED) is 0.850. The average molecular weight is 230 g/mol. The van der Waals surface area contributed by atoms with Crippen molar-refractivity contribution in [3.63, 3.8) is 0 Å². The van der Waals surface area contributed by atoms with Crippen LogP contribution >= 0.6 is 0 Å². The monoisotopic (exact) mass is 230 g/mol. The van der Waals surface area contributed by atoms with Crippen LogP contribution in [0, 0.1) is 13.8 Å². The van der Waals surface area contributed by atoms with Gasteiger partial charge in [0.05, 0.1) is 7.11 Å². The van der Waals surface area contributed by atoms with Gasteiger partial charge in [0.2, 0.25) is 5.95 Å². The molecule has 0 aliphatic heterocycles. The summed E-state index contributed by atoms with van der Waals surface area (Å²) in [5.74, 6) is 0.693. The maximum absolute atomic E-state index is 5.61. The van der Waals surface area contributed by atoms with E-state index in [0.717, 1.165) is 11.1 Å². The predicted octanol–water partition coefficient (Wildman–Crippen LogP) is 1.75. The molecule has 0 fully saturated rings. The van der Waals surface area contributed by atoms with Crippen LogP contribution < -0.4 is 10.5 Å². The fourth-order valence-electron chi connectivity index (χ4n) is 1.65. The minimum atomic E-state index is 0.159. The SMILES string of the molecule is COc1nc(N)nc(-c2ccc(C)cc2C)n1. The normalized spacial score (nSPS) is 10.3. The van der Waals surface area contributed by atoms with E-state index < -0.39 is 0 Å². The van der Waals surface area contributed by atoms with Crippen molar-refractivity contribution in [2.24, 2.45) is 0 Å². The van der Waals surface area contributed by atoms with Crippen molar-refractivity contribution in [1.29, 1.82) is 0 Å². The van der Waals surface area contributed by atoms with Gasteiger partial charge in [0.15, 0.2) is 5.82 Å². The number of nitrogens with zero attached hydrogens (tertiary/aromatic N) is 3. The number of aromatic nitrogens is 3. The van der Waals surface area contributed by atoms with Gasteiger partial charge in [0, 0.05) is 5.56 Å². The van der Waals surface area contributed by atoms with Crippen LogP contribution in [-0.2, 0) is 0 Å². The number of hydrogen-bond donors (Lipinski definition) is 1. The second kappa shape index (κ2) is 4.37. The molecule has 2 N–H and O–H groups in total. The molecule has 1 aromatic heterocycles. The van der Waals surface area contributed by atoms with Crippen molar-refractivity contribution in [3.8, 4) is 17.4 Å². The number of aryl methyl sites for hydroxylation is 2. The molecule has 17 heavy (non-hydrogen) atoms. The van der Waals surface area contributed by atoms with Crippen molar-refractivity contribution in [1.82, 2.24) is 15.0 Å². The Bertz CT molecular complexity index is 554. The second-order valence-corrected chi connectivity index (χ2v) is 3.82. The van der Waals surface area contributed by atoms with Gasteiger partial charge in [-0.1, -0.05) is 23.8 Å². The number of ether oxygens (including phenoxy) is 1. The lowest BCUT2D eigenvalue weighted by atomic mass is 10.1. The molecule has 0 radical (unpaired) electrons. The summed E-state index contributed by atoms with van der Waals surface area (Å²) >= 11 is 0. The molecule has 5 nitrogen and oxygen atoms in total. The number of methoxy groups -OCH3 is 1. The van der Waals surface area contributed by atoms with E-state index in [4.69, 9.17) is 10.5 Å². The zero-order chi connectivity index (χ0) is 12.4. The van der Waals surface area contributed by atoms with Crippen LogP contribution in [0.4, 0.5) is 5.95 Å². The smallest absolute Gasteiger partial charge is 0.321 e. The summed E-state index contributed by atoms with van der Waals surface area (Å²) in [4.78, 5) is 12.2. The minimum Gasteiger partial charge on any atom is -0.467 e. The van der Waals surface area contributed by atoms with Gasteiger partial charge in [-0.2, -0.15) is 15.0 Å². The van der Waals surface area contributed by atoms with E-state index in [9.17, 15) is 0 Å². The summed E-state index contributed by atoms with van der Waals surface area (Å²) in [6.45, 7) is 4.05. The topological polar surface area (TPSA) is 73.9 Å². The van der Waals surface area contributed by atoms with E-state index >= 15 is 0 Å². The van der Waals surface area contributed by atoms with Crippen molar-refractivity contribution in [3.05, 3.63) is 29.3 Å². The molecule has 0 aliphatic rings. The molecule has 0 bridgehead atoms. The van der Waals surface area contributed by atoms with Crippen LogP contribution in [0.3, 0.4) is 0 Å². The molecule has 0 atom stereocenters. The molecular weight excluding hydrogens is 216 g/mol. The van der Waals surface area contributed by atoms with E-state index in [2.05, 4.69) is 21.0 Å². The third-order valence-electron chi connectivity index (χ3n) is 2.44. The van der Waals surface area contributed by atoms with Crippen LogP contribution in [0.1, 0.15) is 11.1 Å². The summed E-state index contributed by atoms with van der Waals surface area (Å²) in [6.07, 6.45) is 0. The first-order chi connectivity index (χ1) is 8.10. The molecule has 0 unspecified atom stereocenters. The maximum atomic E-state index is 5.61. The number of nitrogens with two attached hydrogens (primary N) is 1. The molecule has 1 heterocycles. The number of rotatable bonds is 2. The number of benzene rings is 1. The molecule has 2 aromatic rings. The Hall–Kier alpha value is -2.17. The first-order valence-corrected chi connectivity index (χ1v) is 5.23. The molecular formula is C12H14N4O. The van der Waals surface area contributed by atoms with Gasteiger partial charge >= 0.3 is 6.01 Å². The maximum Gasteiger partial charge on any atom is 0.321 e. The highest BCUT2D eigenvalue weighted by molar-refractivity contribution is 5.61. The third kappa shape index (κ3) is 2.33. The zero-order valence-corrected chi connectivity index (χ0v) is 10.1. The Kier molecular flexibility index (Phi) is 2.91. The summed E-state index contributed by atoms with van der Waals surface area (Å²) < 4.78 is 4.98. The highest BCUT2D eigenvalue weighted by Crippen LogP contribution is 2.22. The fourth-order valence-corrected chi connectivity index (χ4v) is 1.65. The standard InChI is InChI=1S/C12H14N4O/c1-7-4-5-9(8(2)6-7)10-14-11(13)16-12(15-10)17-3/h4-6H,1-3H3,(H2,13,14,15,16). The Morgan fingerprint density at radius 3 is 2.53 bits per heavy atom. The van der Waals surface area contributed by atoms with Crippen molar-refractivity contribution in [2.45, 2.75) is 13.8 Å². The Morgan fingerprint density at radius 2 is 1.88 bits per heavy atom. The van der Waals surface area contributed by atoms with Crippen molar-refractivity contribution < 1.29 is 4.74 Å². The molecule has 1 aromatic carbocycles. The first-order valence-electron chi connectivity index (χ1n) is 5.23. The van der Waals surface area contributed by atoms with Crippen molar-refractivity contribution in [2.75, 3.05) is 12.8 Å². The third-order valence-corrected chi connectivity index (χ3v) is 2.44. The Morgan fingerprint density at radius 1 is 1.12 bits per heavy atom. The summed E-state index contributed by atoms with van der Waals surface area (Å²) in [5, 5.41) is 0. The molecule has 0 aliphatic carbocycles. The minimum absolute atomic E-state index is 0.159. The lowest BCUT2D eigenvalue weighted by Gasteiger charge is -2.07. The van der Waals surface area contributed by atoms with E-state index in [1.54, 1.807) is 0 Å². The Labute approximate surface area is 99.7 Å². The molecule has 0 amide bonds. The molecule has 88 valence electrons. The summed E-state index contributed by atoms with van der Waals surface area (Å²) in [5.41, 5.74) is 8.83. The first kappa shape index (κ1) is 11.3. The zero-order valence-electron chi connectivity index (χ0n) is 10.1. The van der Waals surface area contributed by atoms with E-state index in [1.807, 2.05) is 26.0 Å². The van der Waals surface area contributed by atoms with E-state index in [-0.39, 0.29) is 12.0 Å². The van der Waals surface area contributed by atoms with Crippen LogP contribution in [0.5, 0.6) is 6.01 Å². The molecule has 2 rings (SSSR count). The molecule has 0 saturated heterocycles. The Balaban J connectivity index is 2.55. The van der Waals surface area contributed by atoms with Gasteiger partial charge in [-0.25, -0.2) is 0 Å². The number of anilines is 1. The average Bonchev–Trinajstić information content (AvgIpc) is 2.28. The van der Waals surface area contributed by atoms with Gasteiger partial charge in [-0.15, -0.1) is 0 Å². The van der Waals surface area contributed by atoms with Crippen LogP contribution in [0.25, 0.3) is 11.4 Å². The molecule has 5 heteroatoms. The van der Waals surface area contributed by atoms with Gasteiger partial charge in [-0.05, 0) is 19.4 Å². The van der Waals surface area contributed by atoms with Gasteiger partial charge < -0.3 is 10.5 Å². The van der Waals surface area contributed by atoms with E-state index in [1.165, 1.54) is 12.7 Å². The summed E-state index contributed by atoms with van der Waals surface area (Å²) in [6, 6.07) is 6.28. The number of hydrogen-bond acceptors (Lipinski definition) is 5. The van der Waals surface area contributed by atoms with Crippen LogP contribution in [-0.4, -0.2) is 22.1 Å². The predicted molar refractivity (Wildman–Crippen MR) is 65.7 cm³/mol. The largest absolute Gasteiger partial charge is 0.467 e. The lowest BCUT2D eigenvalue weighted by Crippen LogP contribution is -2.03. The van der Waals surface area contributed by atoms with Gasteiger partial charge in [0.1, 0.15) is 0 Å². The molecule has 0 saturated carbocycles. The van der Waals surface area contributed by atoms with Crippen LogP contribution in [0.2, 0.25) is 0 Å². The fraction of sp³-hybridized carbons (Fsp3) is 0.250. The highest BCUT2D eigenvalue weighted by atomic mass is 16.5. The van der Waals surface area contributed by atoms with Gasteiger partial charge in [0.25, 0.3) is 0 Å². The molecule has 0 spiro atoms. The lowest BCUT2D eigenvalue weighted by molar-refractivity contribution is 0.379. The van der Waals surface area contributed by atoms with Crippen molar-refractivity contribution >= 4 is 5.95 Å². The van der Waals surface area contributed by atoms with Crippen LogP contribution in [0.15, 0.2) is 18.2 Å². The highest BCUT2D eigenvalue weighted by Gasteiger charge is 2.09.